The number of hydrogen-bond acceptors (Lipinski definition) is 2. The van der Waals surface area contributed by atoms with Crippen LogP contribution in [-0.4, -0.2) is 12.3 Å². The smallest absolute Gasteiger partial charge is 0.0980 e. The van der Waals surface area contributed by atoms with Crippen molar-refractivity contribution in [1.82, 2.24) is 0 Å². The minimum Gasteiger partial charge on any atom is -0.265 e. The van der Waals surface area contributed by atoms with Gasteiger partial charge in [-0.3, -0.25) is 5.01 Å². The van der Waals surface area contributed by atoms with Crippen LogP contribution in [0, 0.1) is 0 Å². The molecule has 0 spiro atoms. The van der Waals surface area contributed by atoms with E-state index in [1.807, 2.05) is 53.5 Å². The van der Waals surface area contributed by atoms with Crippen molar-refractivity contribution in [1.29, 1.82) is 0 Å². The summed E-state index contributed by atoms with van der Waals surface area (Å²) in [5, 5.41) is 7.00. The zero-order valence-corrected chi connectivity index (χ0v) is 15.1. The molecule has 0 aliphatic heterocycles. The van der Waals surface area contributed by atoms with E-state index in [9.17, 15) is 0 Å². The molecule has 0 heterocycles. The average molecular weight is 379 g/mol. The van der Waals surface area contributed by atoms with Crippen molar-refractivity contribution in [2.24, 2.45) is 5.10 Å². The zero-order valence-electron chi connectivity index (χ0n) is 13.6. The van der Waals surface area contributed by atoms with Crippen LogP contribution in [0.4, 0.5) is 5.69 Å². The van der Waals surface area contributed by atoms with Gasteiger partial charge in [0.1, 0.15) is 0 Å². The van der Waals surface area contributed by atoms with Gasteiger partial charge in [0.2, 0.25) is 0 Å². The van der Waals surface area contributed by atoms with Crippen LogP contribution in [0.2, 0.25) is 0 Å². The second-order valence-corrected chi connectivity index (χ2v) is 6.29. The summed E-state index contributed by atoms with van der Waals surface area (Å²) in [6.45, 7) is 2.90. The summed E-state index contributed by atoms with van der Waals surface area (Å²) in [5.74, 6) is 0. The van der Waals surface area contributed by atoms with Gasteiger partial charge in [-0.25, -0.2) is 0 Å². The second-order valence-electron chi connectivity index (χ2n) is 5.38. The van der Waals surface area contributed by atoms with Crippen molar-refractivity contribution in [3.8, 4) is 0 Å². The minimum atomic E-state index is 0.791. The molecule has 120 valence electrons. The van der Waals surface area contributed by atoms with Crippen LogP contribution in [0.5, 0.6) is 0 Å². The predicted molar refractivity (Wildman–Crippen MR) is 106 cm³/mol. The van der Waals surface area contributed by atoms with Gasteiger partial charge in [0.05, 0.1) is 11.4 Å². The Morgan fingerprint density at radius 1 is 0.833 bits per heavy atom. The van der Waals surface area contributed by atoms with Gasteiger partial charge < -0.3 is 0 Å². The molecule has 24 heavy (non-hydrogen) atoms. The Bertz CT molecular complexity index is 772. The molecule has 3 rings (SSSR count). The summed E-state index contributed by atoms with van der Waals surface area (Å²) < 4.78 is 1.05. The molecule has 0 bridgehead atoms. The van der Waals surface area contributed by atoms with E-state index in [1.165, 1.54) is 0 Å². The van der Waals surface area contributed by atoms with Gasteiger partial charge in [-0.15, -0.1) is 0 Å². The Balaban J connectivity index is 2.08. The molecule has 3 heteroatoms. The third-order valence-corrected chi connectivity index (χ3v) is 4.21. The highest BCUT2D eigenvalue weighted by atomic mass is 79.9. The van der Waals surface area contributed by atoms with Crippen molar-refractivity contribution in [3.05, 3.63) is 101 Å². The van der Waals surface area contributed by atoms with Crippen LogP contribution in [-0.2, 0) is 0 Å². The van der Waals surface area contributed by atoms with E-state index in [0.29, 0.717) is 0 Å². The number of nitrogens with zero attached hydrogens (tertiary/aromatic N) is 2. The van der Waals surface area contributed by atoms with E-state index < -0.39 is 0 Å². The average Bonchev–Trinajstić information content (AvgIpc) is 2.64. The molecule has 0 amide bonds. The molecule has 0 atom stereocenters. The van der Waals surface area contributed by atoms with E-state index in [-0.39, 0.29) is 0 Å². The zero-order chi connectivity index (χ0) is 16.8. The standard InChI is InChI=1S/C21H19BrN2/c1-2-24(20-15-9-14-19(22)16-20)23-21(17-10-5-3-6-11-17)18-12-7-4-8-13-18/h3-16H,2H2,1H3. The van der Waals surface area contributed by atoms with E-state index in [0.717, 1.165) is 33.5 Å². The van der Waals surface area contributed by atoms with Gasteiger partial charge in [0.25, 0.3) is 0 Å². The van der Waals surface area contributed by atoms with Crippen LogP contribution < -0.4 is 5.01 Å². The largest absolute Gasteiger partial charge is 0.265 e. The van der Waals surface area contributed by atoms with E-state index in [4.69, 9.17) is 5.10 Å². The summed E-state index contributed by atoms with van der Waals surface area (Å²) in [4.78, 5) is 0. The Hall–Kier alpha value is -2.39. The quantitative estimate of drug-likeness (QED) is 0.408. The number of hydrogen-bond donors (Lipinski definition) is 0. The monoisotopic (exact) mass is 378 g/mol. The molecule has 0 radical (unpaired) electrons. The number of benzene rings is 3. The fraction of sp³-hybridized carbons (Fsp3) is 0.0952. The molecule has 2 nitrogen and oxygen atoms in total. The molecule has 0 unspecified atom stereocenters. The van der Waals surface area contributed by atoms with Crippen molar-refractivity contribution < 1.29 is 0 Å². The van der Waals surface area contributed by atoms with Crippen LogP contribution in [0.15, 0.2) is 94.5 Å². The lowest BCUT2D eigenvalue weighted by molar-refractivity contribution is 0.893. The minimum absolute atomic E-state index is 0.791. The van der Waals surface area contributed by atoms with Crippen LogP contribution >= 0.6 is 15.9 Å². The molecular weight excluding hydrogens is 360 g/mol. The summed E-state index contributed by atoms with van der Waals surface area (Å²) in [7, 11) is 0. The lowest BCUT2D eigenvalue weighted by Gasteiger charge is -2.20. The Kier molecular flexibility index (Phi) is 5.44. The molecule has 3 aromatic rings. The SMILES string of the molecule is CCN(N=C(c1ccccc1)c1ccccc1)c1cccc(Br)c1. The Morgan fingerprint density at radius 3 is 1.92 bits per heavy atom. The summed E-state index contributed by atoms with van der Waals surface area (Å²) in [5.41, 5.74) is 4.25. The Morgan fingerprint density at radius 2 is 1.42 bits per heavy atom. The summed E-state index contributed by atoms with van der Waals surface area (Å²) in [6, 6.07) is 28.8. The van der Waals surface area contributed by atoms with Crippen molar-refractivity contribution in [2.45, 2.75) is 6.92 Å². The fourth-order valence-corrected chi connectivity index (χ4v) is 2.93. The fourth-order valence-electron chi connectivity index (χ4n) is 2.54. The lowest BCUT2D eigenvalue weighted by atomic mass is 10.0. The van der Waals surface area contributed by atoms with Gasteiger partial charge in [0.15, 0.2) is 0 Å². The maximum Gasteiger partial charge on any atom is 0.0980 e. The molecule has 0 saturated carbocycles. The first-order valence-electron chi connectivity index (χ1n) is 8.00. The molecule has 0 aromatic heterocycles. The van der Waals surface area contributed by atoms with Crippen molar-refractivity contribution >= 4 is 27.3 Å². The number of rotatable bonds is 5. The third-order valence-electron chi connectivity index (χ3n) is 3.72. The number of hydrazone groups is 1. The van der Waals surface area contributed by atoms with Crippen LogP contribution in [0.3, 0.4) is 0 Å². The van der Waals surface area contributed by atoms with E-state index >= 15 is 0 Å². The topological polar surface area (TPSA) is 15.6 Å². The highest BCUT2D eigenvalue weighted by Gasteiger charge is 2.10. The normalized spacial score (nSPS) is 10.2. The summed E-state index contributed by atoms with van der Waals surface area (Å²) in [6.07, 6.45) is 0. The first-order valence-corrected chi connectivity index (χ1v) is 8.80. The third kappa shape index (κ3) is 3.92. The number of halogens is 1. The molecule has 0 N–H and O–H groups in total. The van der Waals surface area contributed by atoms with Gasteiger partial charge in [-0.2, -0.15) is 5.10 Å². The highest BCUT2D eigenvalue weighted by Crippen LogP contribution is 2.21. The number of anilines is 1. The van der Waals surface area contributed by atoms with Gasteiger partial charge >= 0.3 is 0 Å². The van der Waals surface area contributed by atoms with E-state index in [1.54, 1.807) is 0 Å². The van der Waals surface area contributed by atoms with E-state index in [2.05, 4.69) is 59.3 Å². The lowest BCUT2D eigenvalue weighted by Crippen LogP contribution is -2.19. The van der Waals surface area contributed by atoms with Crippen LogP contribution in [0.25, 0.3) is 0 Å². The molecule has 0 aliphatic rings. The molecule has 3 aromatic carbocycles. The van der Waals surface area contributed by atoms with Gasteiger partial charge in [0, 0.05) is 22.1 Å². The Labute approximate surface area is 151 Å². The van der Waals surface area contributed by atoms with Crippen LogP contribution in [0.1, 0.15) is 18.1 Å². The van der Waals surface area contributed by atoms with Crippen molar-refractivity contribution in [3.63, 3.8) is 0 Å². The van der Waals surface area contributed by atoms with Gasteiger partial charge in [-0.1, -0.05) is 82.7 Å². The molecular formula is C21H19BrN2. The first-order chi connectivity index (χ1) is 11.8. The van der Waals surface area contributed by atoms with Crippen molar-refractivity contribution in [2.75, 3.05) is 11.6 Å². The predicted octanol–water partition coefficient (Wildman–Crippen LogP) is 5.73. The highest BCUT2D eigenvalue weighted by molar-refractivity contribution is 9.10. The molecule has 0 saturated heterocycles. The second kappa shape index (κ2) is 7.93. The van der Waals surface area contributed by atoms with Gasteiger partial charge in [-0.05, 0) is 25.1 Å². The maximum absolute atomic E-state index is 4.98. The maximum atomic E-state index is 4.98. The molecule has 0 fully saturated rings. The summed E-state index contributed by atoms with van der Waals surface area (Å²) >= 11 is 3.54. The first kappa shape index (κ1) is 16.5. The molecule has 0 aliphatic carbocycles.